The molecule has 6 nitrogen and oxygen atoms in total. The van der Waals surface area contributed by atoms with Crippen molar-refractivity contribution in [3.63, 3.8) is 0 Å². The van der Waals surface area contributed by atoms with Crippen LogP contribution >= 0.6 is 15.9 Å². The fourth-order valence-electron chi connectivity index (χ4n) is 3.58. The highest BCUT2D eigenvalue weighted by atomic mass is 79.9. The molecule has 0 N–H and O–H groups in total. The summed E-state index contributed by atoms with van der Waals surface area (Å²) in [7, 11) is 0. The van der Waals surface area contributed by atoms with E-state index in [2.05, 4.69) is 15.9 Å². The average Bonchev–Trinajstić information content (AvgIpc) is 2.82. The Morgan fingerprint density at radius 1 is 1.03 bits per heavy atom. The van der Waals surface area contributed by atoms with E-state index in [4.69, 9.17) is 18.6 Å². The number of carbonyl (C=O) groups excluding carboxylic acids is 1. The van der Waals surface area contributed by atoms with Gasteiger partial charge in [-0.3, -0.25) is 4.79 Å². The van der Waals surface area contributed by atoms with Gasteiger partial charge in [0.25, 0.3) is 0 Å². The van der Waals surface area contributed by atoms with Gasteiger partial charge in [0.1, 0.15) is 17.9 Å². The summed E-state index contributed by atoms with van der Waals surface area (Å²) in [4.78, 5) is 24.9. The summed E-state index contributed by atoms with van der Waals surface area (Å²) in [6.07, 6.45) is -0.558. The van der Waals surface area contributed by atoms with Crippen molar-refractivity contribution in [3.05, 3.63) is 110 Å². The van der Waals surface area contributed by atoms with Gasteiger partial charge < -0.3 is 18.6 Å². The summed E-state index contributed by atoms with van der Waals surface area (Å²) in [5.74, 6) is -0.265. The van der Waals surface area contributed by atoms with E-state index in [1.807, 2.05) is 42.5 Å². The standard InChI is InChI=1S/C25H17BrO6/c26-18-10-16(23-17(11-18)14-30-25(32-23)15-6-2-1-3-7-15)13-29-24(28)22-12-20(27)19-8-4-5-9-21(19)31-22/h1-12,25H,13-14H2/t25-/m0/s1. The third-order valence-electron chi connectivity index (χ3n) is 5.09. The Hall–Kier alpha value is -3.42. The molecule has 0 saturated carbocycles. The molecule has 7 heteroatoms. The Kier molecular flexibility index (Phi) is 5.51. The third-order valence-corrected chi connectivity index (χ3v) is 5.55. The van der Waals surface area contributed by atoms with Crippen molar-refractivity contribution < 1.29 is 23.4 Å². The molecule has 0 spiro atoms. The zero-order chi connectivity index (χ0) is 22.1. The normalized spacial score (nSPS) is 15.1. The summed E-state index contributed by atoms with van der Waals surface area (Å²) in [5.41, 5.74) is 2.44. The highest BCUT2D eigenvalue weighted by Crippen LogP contribution is 2.38. The van der Waals surface area contributed by atoms with E-state index in [-0.39, 0.29) is 17.8 Å². The van der Waals surface area contributed by atoms with Gasteiger partial charge in [0.2, 0.25) is 12.1 Å². The van der Waals surface area contributed by atoms with Crippen LogP contribution in [0.25, 0.3) is 11.0 Å². The number of benzene rings is 3. The van der Waals surface area contributed by atoms with E-state index in [9.17, 15) is 9.59 Å². The van der Waals surface area contributed by atoms with Crippen LogP contribution in [0.4, 0.5) is 0 Å². The monoisotopic (exact) mass is 492 g/mol. The maximum atomic E-state index is 12.6. The van der Waals surface area contributed by atoms with E-state index in [0.29, 0.717) is 28.9 Å². The zero-order valence-corrected chi connectivity index (χ0v) is 18.3. The van der Waals surface area contributed by atoms with Crippen molar-refractivity contribution in [3.8, 4) is 5.75 Å². The smallest absolute Gasteiger partial charge is 0.374 e. The van der Waals surface area contributed by atoms with E-state index >= 15 is 0 Å². The van der Waals surface area contributed by atoms with Gasteiger partial charge in [0, 0.05) is 27.2 Å². The van der Waals surface area contributed by atoms with Crippen molar-refractivity contribution in [2.45, 2.75) is 19.5 Å². The number of para-hydroxylation sites is 1. The van der Waals surface area contributed by atoms with Crippen LogP contribution in [0.3, 0.4) is 0 Å². The summed E-state index contributed by atoms with van der Waals surface area (Å²) in [6.45, 7) is 0.299. The summed E-state index contributed by atoms with van der Waals surface area (Å²) in [6, 6.07) is 21.2. The second kappa shape index (κ2) is 8.61. The molecule has 1 atom stereocenters. The Balaban J connectivity index is 1.39. The minimum atomic E-state index is -0.728. The van der Waals surface area contributed by atoms with E-state index < -0.39 is 12.3 Å². The van der Waals surface area contributed by atoms with Gasteiger partial charge in [-0.2, -0.15) is 0 Å². The van der Waals surface area contributed by atoms with E-state index in [0.717, 1.165) is 21.7 Å². The number of hydrogen-bond donors (Lipinski definition) is 0. The number of halogens is 1. The van der Waals surface area contributed by atoms with Gasteiger partial charge in [-0.15, -0.1) is 0 Å². The molecule has 160 valence electrons. The van der Waals surface area contributed by atoms with E-state index in [1.54, 1.807) is 24.3 Å². The molecule has 0 bridgehead atoms. The summed E-state index contributed by atoms with van der Waals surface area (Å²) >= 11 is 3.48. The van der Waals surface area contributed by atoms with Crippen LogP contribution < -0.4 is 10.2 Å². The summed E-state index contributed by atoms with van der Waals surface area (Å²) in [5, 5.41) is 0.408. The maximum absolute atomic E-state index is 12.6. The lowest BCUT2D eigenvalue weighted by atomic mass is 10.1. The van der Waals surface area contributed by atoms with Crippen LogP contribution in [-0.4, -0.2) is 5.97 Å². The van der Waals surface area contributed by atoms with Crippen molar-refractivity contribution >= 4 is 32.9 Å². The molecule has 4 aromatic rings. The van der Waals surface area contributed by atoms with Crippen molar-refractivity contribution in [1.82, 2.24) is 0 Å². The lowest BCUT2D eigenvalue weighted by Gasteiger charge is -2.28. The molecule has 1 aliphatic heterocycles. The molecule has 3 aromatic carbocycles. The van der Waals surface area contributed by atoms with Crippen LogP contribution in [0.5, 0.6) is 5.75 Å². The molecule has 32 heavy (non-hydrogen) atoms. The molecule has 2 heterocycles. The van der Waals surface area contributed by atoms with Crippen LogP contribution in [0.2, 0.25) is 0 Å². The molecule has 0 saturated heterocycles. The van der Waals surface area contributed by atoms with Gasteiger partial charge >= 0.3 is 5.97 Å². The SMILES string of the molecule is O=C(OCc1cc(Br)cc2c1O[C@@H](c1ccccc1)OC2)c1cc(=O)c2ccccc2o1. The molecule has 1 aromatic heterocycles. The molecule has 0 unspecified atom stereocenters. The predicted octanol–water partition coefficient (Wildman–Crippen LogP) is 5.52. The first-order valence-corrected chi connectivity index (χ1v) is 10.7. The highest BCUT2D eigenvalue weighted by molar-refractivity contribution is 9.10. The largest absolute Gasteiger partial charge is 0.460 e. The lowest BCUT2D eigenvalue weighted by Crippen LogP contribution is -2.19. The molecule has 5 rings (SSSR count). The fraction of sp³-hybridized carbons (Fsp3) is 0.120. The number of ether oxygens (including phenoxy) is 3. The minimum absolute atomic E-state index is 0.0569. The number of esters is 1. The number of fused-ring (bicyclic) bond motifs is 2. The van der Waals surface area contributed by atoms with Crippen LogP contribution in [0, 0.1) is 0 Å². The molecular formula is C25H17BrO6. The van der Waals surface area contributed by atoms with Gasteiger partial charge in [-0.05, 0) is 24.3 Å². The van der Waals surface area contributed by atoms with Gasteiger partial charge in [-0.1, -0.05) is 58.4 Å². The highest BCUT2D eigenvalue weighted by Gasteiger charge is 2.25. The summed E-state index contributed by atoms with van der Waals surface area (Å²) < 4.78 is 23.8. The topological polar surface area (TPSA) is 75.0 Å². The Morgan fingerprint density at radius 2 is 1.81 bits per heavy atom. The number of rotatable bonds is 4. The molecule has 0 aliphatic carbocycles. The van der Waals surface area contributed by atoms with E-state index in [1.165, 1.54) is 0 Å². The zero-order valence-electron chi connectivity index (χ0n) is 16.7. The first-order chi connectivity index (χ1) is 15.6. The molecule has 1 aliphatic rings. The van der Waals surface area contributed by atoms with Crippen molar-refractivity contribution in [2.24, 2.45) is 0 Å². The Morgan fingerprint density at radius 3 is 2.66 bits per heavy atom. The minimum Gasteiger partial charge on any atom is -0.460 e. The van der Waals surface area contributed by atoms with Crippen LogP contribution in [-0.2, 0) is 22.7 Å². The molecular weight excluding hydrogens is 476 g/mol. The van der Waals surface area contributed by atoms with Gasteiger partial charge in [0.15, 0.2) is 5.43 Å². The molecule has 0 radical (unpaired) electrons. The Bertz CT molecular complexity index is 1360. The van der Waals surface area contributed by atoms with Crippen LogP contribution in [0.15, 0.2) is 86.5 Å². The first-order valence-electron chi connectivity index (χ1n) is 9.93. The van der Waals surface area contributed by atoms with Crippen molar-refractivity contribution in [1.29, 1.82) is 0 Å². The molecule has 0 fully saturated rings. The second-order valence-corrected chi connectivity index (χ2v) is 8.19. The molecule has 0 amide bonds. The average molecular weight is 493 g/mol. The predicted molar refractivity (Wildman–Crippen MR) is 120 cm³/mol. The van der Waals surface area contributed by atoms with Gasteiger partial charge in [0.05, 0.1) is 12.0 Å². The first kappa shape index (κ1) is 20.5. The Labute approximate surface area is 191 Å². The number of hydrogen-bond acceptors (Lipinski definition) is 6. The quantitative estimate of drug-likeness (QED) is 0.349. The second-order valence-electron chi connectivity index (χ2n) is 7.27. The van der Waals surface area contributed by atoms with Gasteiger partial charge in [-0.25, -0.2) is 4.79 Å². The number of carbonyl (C=O) groups is 1. The third kappa shape index (κ3) is 4.04. The fourth-order valence-corrected chi connectivity index (χ4v) is 4.13. The van der Waals surface area contributed by atoms with Crippen molar-refractivity contribution in [2.75, 3.05) is 0 Å². The van der Waals surface area contributed by atoms with Crippen LogP contribution in [0.1, 0.15) is 33.5 Å². The lowest BCUT2D eigenvalue weighted by molar-refractivity contribution is -0.112. The maximum Gasteiger partial charge on any atom is 0.374 e.